The van der Waals surface area contributed by atoms with Crippen LogP contribution in [-0.4, -0.2) is 112 Å². The van der Waals surface area contributed by atoms with Gasteiger partial charge >= 0.3 is 23.9 Å². The van der Waals surface area contributed by atoms with Crippen molar-refractivity contribution in [1.29, 1.82) is 0 Å². The second-order valence-corrected chi connectivity index (χ2v) is 40.2. The van der Waals surface area contributed by atoms with Gasteiger partial charge in [0.2, 0.25) is 0 Å². The molecule has 10 fully saturated rings. The fourth-order valence-electron chi connectivity index (χ4n) is 29.1. The number of allylic oxidation sites excluding steroid dienone is 3. The molecule has 8 saturated carbocycles. The molecule has 0 radical (unpaired) electrons. The Kier molecular flexibility index (Phi) is 32.5. The molecule has 5 aromatic carbocycles. The zero-order valence-corrected chi connectivity index (χ0v) is 79.5. The van der Waals surface area contributed by atoms with Gasteiger partial charge in [0.1, 0.15) is 46.7 Å². The highest BCUT2D eigenvalue weighted by molar-refractivity contribution is 15.0. The normalized spacial score (nSPS) is 35.5. The number of ether oxygens (including phenoxy) is 8. The molecule has 21 heteroatoms. The number of hydrogen-bond acceptors (Lipinski definition) is 18. The zero-order valence-electron chi connectivity index (χ0n) is 72.8. The van der Waals surface area contributed by atoms with E-state index >= 15 is 0 Å². The number of benzene rings is 5. The Morgan fingerprint density at radius 1 is 0.406 bits per heavy atom. The maximum Gasteiger partial charge on any atom is 0.308 e. The second kappa shape index (κ2) is 40.5. The summed E-state index contributed by atoms with van der Waals surface area (Å²) >= 11 is 4.24. The summed E-state index contributed by atoms with van der Waals surface area (Å²) in [5.74, 6) is 9.00. The summed E-state index contributed by atoms with van der Waals surface area (Å²) in [6.45, 7) is 19.7. The van der Waals surface area contributed by atoms with E-state index in [1.807, 2.05) is 73.7 Å². The minimum absolute atomic E-state index is 0. The molecular formula is C107H145I3O18. The van der Waals surface area contributed by atoms with Crippen molar-refractivity contribution in [1.82, 2.24) is 0 Å². The van der Waals surface area contributed by atoms with E-state index in [1.165, 1.54) is 128 Å². The number of ketones is 2. The average Bonchev–Trinajstić information content (AvgIpc) is 1.54. The minimum Gasteiger partial charge on any atom is -0.508 e. The molecule has 15 aliphatic carbocycles. The van der Waals surface area contributed by atoms with Crippen molar-refractivity contribution in [3.63, 3.8) is 0 Å². The third-order valence-electron chi connectivity index (χ3n) is 34.6. The first-order valence-corrected chi connectivity index (χ1v) is 52.0. The van der Waals surface area contributed by atoms with E-state index < -0.39 is 35.5 Å². The number of aryl methyl sites for hydroxylation is 5. The number of aliphatic hydroxyl groups excluding tert-OH is 2. The van der Waals surface area contributed by atoms with E-state index in [2.05, 4.69) is 113 Å². The Hall–Kier alpha value is -5.65. The standard InChI is InChI=1S/C22H28O6.C22H28O4.C20H24O3.C20H22O3.C18H22O2.5CH4.I2.HI/c1-11(23)27-14-5-7-15-13(10-14)4-6-17-16(15)8-9-22(3)18(17)19(25)20(26)21(22)28-12(2)24;1-14(23)26-16-4-6-17-15(13-16)3-5-19-18(17)7-9-21(2)20(19)8-10-22(21)24-11-12-25-22;1-19-8-6-16-15-5-3-14(21)12-13(15)2-4-17(16)18(19)7-9-20(19)22-10-11-23-20;1-12(21)23-14-4-6-15-13(11-14)3-5-17-16(15)9-10-20(2)18(17)7-8-19(20)22;1-18-9-8-14-13-5-3-12(19)10-11(13)2-4-15(14)16(18)6-7-17(18)20;;;;;;1-2;/h5,7,10,16-21,25-26H,4,6,8-9H2,1-3H3;4,6,13,18-20H,3,5,7-12H2,1-2H3;3,5,7,9,12,16-18,21H,2,4,6,8,10-11H2,1H3;4,6-8,11,16-18H,3,5,9-10H2,1-2H3;3,5,10,14-16,19H,2,4,6-9H2,1H3;5*1H4;;1H/t16?,17?,18?,19-,20-,21-,22-;18?,19?,20?,21-;16?,17?,18?,19-;16?,17?,18?,20-;14?,15?,16?,18-;;;;;;;/m00000......./s1. The fraction of sp³-hybridized carbons (Fsp3) is 0.626. The quantitative estimate of drug-likeness (QED) is 0.0564. The van der Waals surface area contributed by atoms with Crippen molar-refractivity contribution in [3.8, 4) is 28.7 Å². The van der Waals surface area contributed by atoms with E-state index in [4.69, 9.17) is 37.9 Å². The summed E-state index contributed by atoms with van der Waals surface area (Å²) in [6, 6.07) is 30.0. The molecule has 2 spiro atoms. The van der Waals surface area contributed by atoms with Crippen molar-refractivity contribution in [2.24, 2.45) is 86.3 Å². The molecule has 2 aliphatic heterocycles. The summed E-state index contributed by atoms with van der Waals surface area (Å²) in [4.78, 5) is 69.7. The SMILES string of the molecule is C.C.C.C.C.CC(=O)Oc1ccc2c(c1)CCC1C2CC[C@@]2(C)C1CCC21OCCO1.CC(=O)Oc1ccc2c(c1)CCC1C2CC[C@@]2(C)C1[C@H](O)[C@H](O)[C@@H]2OC(C)=O.CC(=O)Oc1ccc2c(c1)CCC1C2CC[C@]2(C)C(=O)C=CC12.C[C@]12CCC3c4ccc(O)cc4CCC3C1C=CC21OCCO1.C[C@]12CCC3c4ccc(O)cc4CCC3C1CCC2=O.I.II. The van der Waals surface area contributed by atoms with Gasteiger partial charge in [-0.15, -0.1) is 24.0 Å². The molecule has 15 unspecified atom stereocenters. The number of esters is 4. The fourth-order valence-corrected chi connectivity index (χ4v) is 29.1. The third-order valence-corrected chi connectivity index (χ3v) is 34.6. The first-order chi connectivity index (χ1) is 58.5. The van der Waals surface area contributed by atoms with E-state index in [0.717, 1.165) is 122 Å². The lowest BCUT2D eigenvalue weighted by molar-refractivity contribution is -0.237. The highest BCUT2D eigenvalue weighted by Gasteiger charge is 2.68. The van der Waals surface area contributed by atoms with Gasteiger partial charge in [-0.3, -0.25) is 28.8 Å². The lowest BCUT2D eigenvalue weighted by atomic mass is 9.54. The van der Waals surface area contributed by atoms with Crippen LogP contribution in [-0.2, 0) is 84.6 Å². The number of Topliss-reactive ketones (excluding diaryl/α,β-unsaturated/α-hetero) is 1. The van der Waals surface area contributed by atoms with Crippen LogP contribution in [0.3, 0.4) is 0 Å². The van der Waals surface area contributed by atoms with E-state index in [9.17, 15) is 49.2 Å². The maximum atomic E-state index is 12.3. The van der Waals surface area contributed by atoms with Crippen molar-refractivity contribution in [2.75, 3.05) is 26.4 Å². The van der Waals surface area contributed by atoms with Crippen LogP contribution >= 0.6 is 61.2 Å². The van der Waals surface area contributed by atoms with E-state index in [0.29, 0.717) is 125 Å². The third kappa shape index (κ3) is 18.0. The van der Waals surface area contributed by atoms with Gasteiger partial charge in [-0.1, -0.05) is 114 Å². The lowest BCUT2D eigenvalue weighted by Crippen LogP contribution is -2.52. The second-order valence-electron chi connectivity index (χ2n) is 40.2. The Labute approximate surface area is 802 Å². The van der Waals surface area contributed by atoms with E-state index in [-0.39, 0.29) is 124 Å². The van der Waals surface area contributed by atoms with Gasteiger partial charge in [-0.2, -0.15) is 0 Å². The highest BCUT2D eigenvalue weighted by atomic mass is 128. The molecular weight excluding hydrogens is 1950 g/mol. The van der Waals surface area contributed by atoms with Crippen LogP contribution in [0.25, 0.3) is 0 Å². The summed E-state index contributed by atoms with van der Waals surface area (Å²) in [5, 5.41) is 40.9. The van der Waals surface area contributed by atoms with Gasteiger partial charge in [0, 0.05) is 105 Å². The smallest absolute Gasteiger partial charge is 0.308 e. The van der Waals surface area contributed by atoms with Crippen molar-refractivity contribution in [3.05, 3.63) is 171 Å². The molecule has 0 bridgehead atoms. The van der Waals surface area contributed by atoms with Crippen LogP contribution in [0.4, 0.5) is 0 Å². The summed E-state index contributed by atoms with van der Waals surface area (Å²) < 4.78 is 45.8. The van der Waals surface area contributed by atoms with Gasteiger partial charge in [0.05, 0.1) is 32.5 Å². The predicted octanol–water partition coefficient (Wildman–Crippen LogP) is 23.5. The van der Waals surface area contributed by atoms with Gasteiger partial charge < -0.3 is 58.3 Å². The first kappa shape index (κ1) is 103. The summed E-state index contributed by atoms with van der Waals surface area (Å²) in [6.07, 6.45) is 31.4. The number of phenolic OH excluding ortho intramolecular Hbond substituents is 2. The molecule has 23 atom stereocenters. The van der Waals surface area contributed by atoms with Crippen LogP contribution in [0.15, 0.2) is 115 Å². The largest absolute Gasteiger partial charge is 0.508 e. The number of fused-ring (bicyclic) bond motifs is 27. The van der Waals surface area contributed by atoms with Gasteiger partial charge in [-0.05, 0) is 358 Å². The monoisotopic (exact) mass is 2100 g/mol. The highest BCUT2D eigenvalue weighted by Crippen LogP contribution is 2.69. The van der Waals surface area contributed by atoms with Gasteiger partial charge in [0.25, 0.3) is 0 Å². The first-order valence-electron chi connectivity index (χ1n) is 45.7. The average molecular weight is 2100 g/mol. The molecule has 22 rings (SSSR count). The lowest BCUT2D eigenvalue weighted by Gasteiger charge is -2.52. The van der Waals surface area contributed by atoms with Crippen LogP contribution in [0, 0.1) is 86.3 Å². The van der Waals surface area contributed by atoms with Gasteiger partial charge in [-0.25, -0.2) is 0 Å². The van der Waals surface area contributed by atoms with Crippen molar-refractivity contribution >= 4 is 96.7 Å². The Morgan fingerprint density at radius 3 is 1.29 bits per heavy atom. The molecule has 128 heavy (non-hydrogen) atoms. The molecule has 2 heterocycles. The van der Waals surface area contributed by atoms with Crippen LogP contribution in [0.5, 0.6) is 28.7 Å². The summed E-state index contributed by atoms with van der Waals surface area (Å²) in [7, 11) is 0. The Morgan fingerprint density at radius 2 is 0.805 bits per heavy atom. The number of aromatic hydroxyl groups is 2. The number of phenols is 2. The number of carbonyl (C=O) groups excluding carboxylic acids is 6. The van der Waals surface area contributed by atoms with Crippen molar-refractivity contribution in [2.45, 2.75) is 313 Å². The molecule has 4 N–H and O–H groups in total. The molecule has 2 saturated heterocycles. The van der Waals surface area contributed by atoms with Gasteiger partial charge in [0.15, 0.2) is 17.4 Å². The summed E-state index contributed by atoms with van der Waals surface area (Å²) in [5.41, 5.74) is 13.2. The Balaban J connectivity index is 0.000000153. The number of halogens is 3. The maximum absolute atomic E-state index is 12.3. The number of aliphatic hydroxyl groups is 2. The predicted molar refractivity (Wildman–Crippen MR) is 527 cm³/mol. The topological polar surface area (TPSA) is 257 Å². The zero-order chi connectivity index (χ0) is 85.9. The molecule has 0 aromatic heterocycles. The molecule has 702 valence electrons. The van der Waals surface area contributed by atoms with Crippen LogP contribution < -0.4 is 14.2 Å². The van der Waals surface area contributed by atoms with Crippen LogP contribution in [0.1, 0.15) is 307 Å². The van der Waals surface area contributed by atoms with Crippen molar-refractivity contribution < 1.29 is 87.1 Å². The number of rotatable bonds is 4. The molecule has 17 aliphatic rings. The molecule has 18 nitrogen and oxygen atoms in total. The van der Waals surface area contributed by atoms with Crippen LogP contribution in [0.2, 0.25) is 0 Å². The Bertz CT molecular complexity index is 4930. The number of carbonyl (C=O) groups is 6. The molecule has 5 aromatic rings. The van der Waals surface area contributed by atoms with E-state index in [1.54, 1.807) is 0 Å². The minimum atomic E-state index is -1.05. The molecule has 0 amide bonds. The number of hydrogen-bond donors (Lipinski definition) is 4.